The Labute approximate surface area is 230 Å². The monoisotopic (exact) mass is 543 g/mol. The molecule has 0 saturated carbocycles. The third-order valence-electron chi connectivity index (χ3n) is 6.36. The van der Waals surface area contributed by atoms with Gasteiger partial charge in [-0.15, -0.1) is 5.06 Å². The smallest absolute Gasteiger partial charge is 0.330 e. The van der Waals surface area contributed by atoms with E-state index in [0.29, 0.717) is 22.0 Å². The number of benzene rings is 3. The fraction of sp³-hybridized carbons (Fsp3) is 0.233. The van der Waals surface area contributed by atoms with Crippen molar-refractivity contribution in [1.82, 2.24) is 9.64 Å². The van der Waals surface area contributed by atoms with Gasteiger partial charge in [-0.3, -0.25) is 9.59 Å². The van der Waals surface area contributed by atoms with E-state index in [1.54, 1.807) is 12.1 Å². The first-order valence-electron chi connectivity index (χ1n) is 12.5. The second-order valence-electron chi connectivity index (χ2n) is 9.62. The van der Waals surface area contributed by atoms with Crippen molar-refractivity contribution in [2.75, 3.05) is 33.1 Å². The zero-order chi connectivity index (χ0) is 29.1. The highest BCUT2D eigenvalue weighted by Crippen LogP contribution is 2.41. The molecule has 206 valence electrons. The van der Waals surface area contributed by atoms with Crippen LogP contribution < -0.4 is 19.9 Å². The predicted octanol–water partition coefficient (Wildman–Crippen LogP) is 2.28. The number of hydrogen-bond acceptors (Lipinski definition) is 8. The van der Waals surface area contributed by atoms with Gasteiger partial charge in [0.15, 0.2) is 0 Å². The minimum absolute atomic E-state index is 0.131. The van der Waals surface area contributed by atoms with E-state index in [0.717, 1.165) is 34.5 Å². The number of carbonyl (C=O) groups is 4. The molecule has 2 heterocycles. The summed E-state index contributed by atoms with van der Waals surface area (Å²) in [6, 6.07) is 18.9. The Morgan fingerprint density at radius 2 is 1.62 bits per heavy atom. The molecule has 5 rings (SSSR count). The second-order valence-corrected chi connectivity index (χ2v) is 9.62. The molecule has 2 aliphatic heterocycles. The van der Waals surface area contributed by atoms with Crippen molar-refractivity contribution in [2.45, 2.75) is 19.8 Å². The molecule has 0 bridgehead atoms. The van der Waals surface area contributed by atoms with Gasteiger partial charge in [0.25, 0.3) is 11.8 Å². The largest absolute Gasteiger partial charge is 0.545 e. The van der Waals surface area contributed by atoms with E-state index in [1.165, 1.54) is 0 Å². The van der Waals surface area contributed by atoms with Crippen LogP contribution in [0.25, 0.3) is 33.4 Å². The van der Waals surface area contributed by atoms with E-state index in [9.17, 15) is 24.3 Å². The fourth-order valence-electron chi connectivity index (χ4n) is 4.38. The summed E-state index contributed by atoms with van der Waals surface area (Å²) in [6.07, 6.45) is 0.262. The number of hydrogen-bond donors (Lipinski definition) is 0. The van der Waals surface area contributed by atoms with E-state index in [1.807, 2.05) is 86.2 Å². The quantitative estimate of drug-likeness (QED) is 0.218. The van der Waals surface area contributed by atoms with Crippen LogP contribution in [0, 0.1) is 0 Å². The minimum atomic E-state index is -1.20. The van der Waals surface area contributed by atoms with Crippen molar-refractivity contribution >= 4 is 40.4 Å². The summed E-state index contributed by atoms with van der Waals surface area (Å²) >= 11 is 0. The molecular formula is C30H29N3O7. The maximum Gasteiger partial charge on any atom is 0.330 e. The van der Waals surface area contributed by atoms with Crippen LogP contribution in [0.4, 0.5) is 5.69 Å². The molecule has 0 aromatic heterocycles. The van der Waals surface area contributed by atoms with Crippen molar-refractivity contribution in [3.63, 3.8) is 0 Å². The molecule has 10 nitrogen and oxygen atoms in total. The van der Waals surface area contributed by atoms with Crippen molar-refractivity contribution in [2.24, 2.45) is 0 Å². The first-order chi connectivity index (χ1) is 19.0. The Hall–Kier alpha value is -4.99. The predicted molar refractivity (Wildman–Crippen MR) is 147 cm³/mol. The molecule has 0 unspecified atom stereocenters. The fourth-order valence-corrected chi connectivity index (χ4v) is 4.38. The molecule has 2 amide bonds. The van der Waals surface area contributed by atoms with Crippen molar-refractivity contribution < 1.29 is 33.5 Å². The molecule has 0 atom stereocenters. The van der Waals surface area contributed by atoms with Crippen molar-refractivity contribution in [3.8, 4) is 22.5 Å². The first-order valence-corrected chi connectivity index (χ1v) is 12.5. The molecule has 0 spiro atoms. The molecule has 2 aromatic carbocycles. The van der Waals surface area contributed by atoms with E-state index in [4.69, 9.17) is 4.42 Å². The Kier molecular flexibility index (Phi) is 7.99. The summed E-state index contributed by atoms with van der Waals surface area (Å²) in [5, 5.41) is 14.2. The van der Waals surface area contributed by atoms with E-state index < -0.39 is 23.8 Å². The van der Waals surface area contributed by atoms with E-state index >= 15 is 0 Å². The average Bonchev–Trinajstić information content (AvgIpc) is 3.23. The van der Waals surface area contributed by atoms with Crippen LogP contribution in [-0.2, 0) is 19.2 Å². The molecule has 0 N–H and O–H groups in total. The molecule has 1 saturated heterocycles. The lowest BCUT2D eigenvalue weighted by Gasteiger charge is -2.19. The summed E-state index contributed by atoms with van der Waals surface area (Å²) < 4.78 is 8.28. The molecule has 40 heavy (non-hydrogen) atoms. The number of rotatable bonds is 4. The summed E-state index contributed by atoms with van der Waals surface area (Å²) in [5.41, 5.74) is 4.17. The highest BCUT2D eigenvalue weighted by Gasteiger charge is 2.31. The first kappa shape index (κ1) is 28.0. The van der Waals surface area contributed by atoms with Crippen LogP contribution in [0.1, 0.15) is 30.1 Å². The molecule has 1 aliphatic carbocycles. The normalized spacial score (nSPS) is 12.8. The molecule has 2 aromatic rings. The third kappa shape index (κ3) is 5.70. The van der Waals surface area contributed by atoms with Crippen LogP contribution >= 0.6 is 0 Å². The topological polar surface area (TPSA) is 123 Å². The highest BCUT2D eigenvalue weighted by molar-refractivity contribution is 6.07. The number of amides is 2. The number of carbonyl (C=O) groups excluding carboxylic acids is 4. The molecule has 10 heteroatoms. The van der Waals surface area contributed by atoms with Crippen LogP contribution in [0.3, 0.4) is 0 Å². The number of fused-ring (bicyclic) bond motifs is 2. The number of imide groups is 1. The SMILES string of the molecule is CC(=O)ON1C(=O)CCC1=O.CN(C)c1ccc2c(-c3ccccc3C(=O)[O-])c3ccc(=[N+](C)C)cc-3oc2c1. The molecule has 3 aliphatic rings. The van der Waals surface area contributed by atoms with E-state index in [-0.39, 0.29) is 18.4 Å². The Morgan fingerprint density at radius 3 is 2.23 bits per heavy atom. The molecule has 1 fully saturated rings. The summed E-state index contributed by atoms with van der Waals surface area (Å²) in [5.74, 6) is -2.07. The summed E-state index contributed by atoms with van der Waals surface area (Å²) in [6.45, 7) is 1.14. The number of aromatic carboxylic acids is 1. The van der Waals surface area contributed by atoms with Crippen LogP contribution in [0.15, 0.2) is 65.1 Å². The van der Waals surface area contributed by atoms with Crippen molar-refractivity contribution in [3.05, 3.63) is 71.6 Å². The van der Waals surface area contributed by atoms with Crippen LogP contribution in [-0.4, -0.2) is 57.0 Å². The van der Waals surface area contributed by atoms with Gasteiger partial charge in [0.2, 0.25) is 5.36 Å². The van der Waals surface area contributed by atoms with Gasteiger partial charge in [-0.1, -0.05) is 24.3 Å². The van der Waals surface area contributed by atoms with Gasteiger partial charge in [-0.25, -0.2) is 9.37 Å². The Morgan fingerprint density at radius 1 is 0.950 bits per heavy atom. The standard InChI is InChI=1S/C24H22N2O3.C6H7NO4/c1-25(2)15-9-11-19-21(13-15)29-22-14-16(26(3)4)10-12-20(22)23(19)17-7-5-6-8-18(17)24(27)28;1-4(8)11-7-5(9)2-3-6(7)10/h5-14H,1-4H3;2-3H2,1H3. The second kappa shape index (κ2) is 11.4. The number of carboxylic acids is 1. The number of anilines is 1. The van der Waals surface area contributed by atoms with Gasteiger partial charge in [0.05, 0.1) is 12.0 Å². The highest BCUT2D eigenvalue weighted by atomic mass is 16.7. The maximum atomic E-state index is 11.8. The lowest BCUT2D eigenvalue weighted by atomic mass is 9.90. The molecular weight excluding hydrogens is 514 g/mol. The Balaban J connectivity index is 0.000000283. The van der Waals surface area contributed by atoms with Gasteiger partial charge >= 0.3 is 5.97 Å². The number of nitrogens with zero attached hydrogens (tertiary/aromatic N) is 3. The lowest BCUT2D eigenvalue weighted by molar-refractivity contribution is -0.255. The number of carboxylic acid groups (broad SMARTS) is 1. The third-order valence-corrected chi connectivity index (χ3v) is 6.36. The van der Waals surface area contributed by atoms with Gasteiger partial charge in [0, 0.05) is 73.8 Å². The average molecular weight is 544 g/mol. The van der Waals surface area contributed by atoms with Gasteiger partial charge in [-0.05, 0) is 23.8 Å². The van der Waals surface area contributed by atoms with Crippen LogP contribution in [0.5, 0.6) is 0 Å². The maximum absolute atomic E-state index is 11.8. The minimum Gasteiger partial charge on any atom is -0.545 e. The van der Waals surface area contributed by atoms with Crippen LogP contribution in [0.2, 0.25) is 0 Å². The zero-order valence-electron chi connectivity index (χ0n) is 22.9. The summed E-state index contributed by atoms with van der Waals surface area (Å²) in [7, 11) is 7.88. The van der Waals surface area contributed by atoms with Gasteiger partial charge < -0.3 is 24.1 Å². The molecule has 0 radical (unpaired) electrons. The van der Waals surface area contributed by atoms with E-state index in [2.05, 4.69) is 4.84 Å². The Bertz CT molecular complexity index is 1670. The van der Waals surface area contributed by atoms with Gasteiger partial charge in [-0.2, -0.15) is 0 Å². The number of hydroxylamine groups is 2. The lowest BCUT2D eigenvalue weighted by Crippen LogP contribution is -2.30. The zero-order valence-corrected chi connectivity index (χ0v) is 22.9. The van der Waals surface area contributed by atoms with Crippen molar-refractivity contribution in [1.29, 1.82) is 0 Å². The van der Waals surface area contributed by atoms with Gasteiger partial charge in [0.1, 0.15) is 25.4 Å². The summed E-state index contributed by atoms with van der Waals surface area (Å²) in [4.78, 5) is 50.0.